The highest BCUT2D eigenvalue weighted by atomic mass is 19.1. The van der Waals surface area contributed by atoms with Gasteiger partial charge in [0, 0.05) is 12.6 Å². The molecule has 110 valence electrons. The summed E-state index contributed by atoms with van der Waals surface area (Å²) in [6, 6.07) is 3.69. The summed E-state index contributed by atoms with van der Waals surface area (Å²) in [4.78, 5) is 0. The summed E-state index contributed by atoms with van der Waals surface area (Å²) in [5.41, 5.74) is 0.387. The molecule has 2 saturated heterocycles. The van der Waals surface area contributed by atoms with Crippen LogP contribution in [-0.2, 0) is 9.31 Å². The molecule has 1 aromatic carbocycles. The molecule has 2 heterocycles. The number of unbranched alkanes of at least 4 members (excludes halogenated alkanes) is 1. The quantitative estimate of drug-likeness (QED) is 0.784. The first kappa shape index (κ1) is 14.0. The van der Waals surface area contributed by atoms with Crippen molar-refractivity contribution >= 4 is 12.1 Å². The molecule has 0 aliphatic carbocycles. The number of rotatable bonds is 4. The van der Waals surface area contributed by atoms with E-state index in [0.29, 0.717) is 23.1 Å². The summed E-state index contributed by atoms with van der Waals surface area (Å²) >= 11 is 0. The number of hydrogen-bond donors (Lipinski definition) is 0. The van der Waals surface area contributed by atoms with Gasteiger partial charge < -0.3 is 13.7 Å². The number of hydrogen-bond acceptors (Lipinski definition) is 2. The van der Waals surface area contributed by atoms with Gasteiger partial charge in [-0.25, -0.2) is 8.78 Å². The predicted octanol–water partition coefficient (Wildman–Crippen LogP) is 1.79. The largest absolute Gasteiger partial charge is 0.505 e. The van der Waals surface area contributed by atoms with Crippen molar-refractivity contribution in [3.05, 3.63) is 29.8 Å². The van der Waals surface area contributed by atoms with Crippen molar-refractivity contribution in [1.82, 2.24) is 0 Å². The van der Waals surface area contributed by atoms with Gasteiger partial charge in [0.25, 0.3) is 0 Å². The second kappa shape index (κ2) is 5.09. The van der Waals surface area contributed by atoms with Crippen LogP contribution in [0.3, 0.4) is 0 Å². The minimum Gasteiger partial charge on any atom is -0.505 e. The Bertz CT molecular complexity index is 502. The zero-order valence-corrected chi connectivity index (χ0v) is 11.8. The lowest BCUT2D eigenvalue weighted by atomic mass is 9.60. The minimum atomic E-state index is -1.87. The molecule has 0 bridgehead atoms. The van der Waals surface area contributed by atoms with Gasteiger partial charge in [0.2, 0.25) is 0 Å². The van der Waals surface area contributed by atoms with Gasteiger partial charge >= 0.3 is 6.69 Å². The van der Waals surface area contributed by atoms with Crippen molar-refractivity contribution in [2.75, 3.05) is 32.8 Å². The lowest BCUT2D eigenvalue weighted by molar-refractivity contribution is -0.820. The SMILES string of the molecule is CCCC[N+]12CCO[B-]1(c1ccc(F)cc1F)OCC2. The van der Waals surface area contributed by atoms with E-state index in [4.69, 9.17) is 9.31 Å². The molecule has 3 nitrogen and oxygen atoms in total. The molecule has 0 unspecified atom stereocenters. The van der Waals surface area contributed by atoms with Crippen LogP contribution in [0.2, 0.25) is 0 Å². The van der Waals surface area contributed by atoms with Crippen molar-refractivity contribution in [2.45, 2.75) is 19.8 Å². The molecule has 1 aromatic rings. The molecule has 0 amide bonds. The number of fused-ring (bicyclic) bond motifs is 1. The van der Waals surface area contributed by atoms with Gasteiger partial charge in [-0.05, 0) is 17.9 Å². The summed E-state index contributed by atoms with van der Waals surface area (Å²) in [5.74, 6) is -1.13. The molecule has 2 aliphatic rings. The highest BCUT2D eigenvalue weighted by Gasteiger charge is 2.60. The third kappa shape index (κ3) is 1.90. The number of quaternary nitrogens is 1. The average molecular weight is 283 g/mol. The van der Waals surface area contributed by atoms with Crippen molar-refractivity contribution in [1.29, 1.82) is 0 Å². The first-order valence-corrected chi connectivity index (χ1v) is 7.37. The summed E-state index contributed by atoms with van der Waals surface area (Å²) in [7, 11) is 0. The molecule has 0 radical (unpaired) electrons. The van der Waals surface area contributed by atoms with Crippen LogP contribution in [0.4, 0.5) is 8.78 Å². The molecule has 0 saturated carbocycles. The van der Waals surface area contributed by atoms with E-state index in [1.54, 1.807) is 0 Å². The van der Waals surface area contributed by atoms with E-state index >= 15 is 0 Å². The fraction of sp³-hybridized carbons (Fsp3) is 0.571. The highest BCUT2D eigenvalue weighted by Crippen LogP contribution is 2.35. The third-order valence-corrected chi connectivity index (χ3v) is 4.79. The van der Waals surface area contributed by atoms with E-state index in [-0.39, 0.29) is 0 Å². The maximum Gasteiger partial charge on any atom is 0.505 e. The first-order chi connectivity index (χ1) is 9.63. The van der Waals surface area contributed by atoms with Crippen LogP contribution in [-0.4, -0.2) is 43.9 Å². The van der Waals surface area contributed by atoms with Gasteiger partial charge in [-0.15, -0.1) is 0 Å². The maximum absolute atomic E-state index is 14.2. The molecule has 0 spiro atoms. The Labute approximate surface area is 118 Å². The second-order valence-electron chi connectivity index (χ2n) is 5.82. The Balaban J connectivity index is 2.03. The molecule has 20 heavy (non-hydrogen) atoms. The molecule has 6 heteroatoms. The normalized spacial score (nSPS) is 32.5. The van der Waals surface area contributed by atoms with Crippen LogP contribution in [0.5, 0.6) is 0 Å². The molecular weight excluding hydrogens is 263 g/mol. The van der Waals surface area contributed by atoms with Crippen molar-refractivity contribution in [2.24, 2.45) is 0 Å². The highest BCUT2D eigenvalue weighted by molar-refractivity contribution is 6.75. The predicted molar refractivity (Wildman–Crippen MR) is 73.4 cm³/mol. The monoisotopic (exact) mass is 283 g/mol. The van der Waals surface area contributed by atoms with Crippen molar-refractivity contribution in [3.63, 3.8) is 0 Å². The van der Waals surface area contributed by atoms with Crippen molar-refractivity contribution in [3.8, 4) is 0 Å². The molecule has 0 N–H and O–H groups in total. The standard InChI is InChI=1S/C14H20BF2NO2/c1-2-3-6-18-7-9-19-15(18,20-10-8-18)13-5-4-12(16)11-14(13)17/h4-5,11H,2-3,6-10H2,1H3. The second-order valence-corrected chi connectivity index (χ2v) is 5.82. The summed E-state index contributed by atoms with van der Waals surface area (Å²) in [6.07, 6.45) is 2.14. The third-order valence-electron chi connectivity index (χ3n) is 4.79. The number of nitrogens with zero attached hydrogens (tertiary/aromatic N) is 1. The number of benzene rings is 1. The number of halogens is 2. The average Bonchev–Trinajstić information content (AvgIpc) is 2.91. The lowest BCUT2D eigenvalue weighted by Gasteiger charge is -2.47. The molecule has 3 rings (SSSR count). The van der Waals surface area contributed by atoms with E-state index in [2.05, 4.69) is 6.92 Å². The van der Waals surface area contributed by atoms with Gasteiger partial charge in [0.15, 0.2) is 0 Å². The lowest BCUT2D eigenvalue weighted by Crippen LogP contribution is -2.70. The zero-order chi connectivity index (χ0) is 14.2. The van der Waals surface area contributed by atoms with Crippen LogP contribution in [0.25, 0.3) is 0 Å². The van der Waals surface area contributed by atoms with Gasteiger partial charge in [0.05, 0.1) is 26.3 Å². The van der Waals surface area contributed by atoms with Crippen LogP contribution >= 0.6 is 0 Å². The van der Waals surface area contributed by atoms with Gasteiger partial charge in [0.1, 0.15) is 11.6 Å². The van der Waals surface area contributed by atoms with Gasteiger partial charge in [-0.2, -0.15) is 0 Å². The molecule has 2 fully saturated rings. The smallest absolute Gasteiger partial charge is 0.505 e. The molecule has 0 atom stereocenters. The Hall–Kier alpha value is -0.975. The summed E-state index contributed by atoms with van der Waals surface area (Å²) in [6.45, 7) is 4.02. The maximum atomic E-state index is 14.2. The van der Waals surface area contributed by atoms with E-state index in [0.717, 1.165) is 38.5 Å². The zero-order valence-electron chi connectivity index (χ0n) is 11.8. The van der Waals surface area contributed by atoms with Crippen LogP contribution in [0.15, 0.2) is 18.2 Å². The first-order valence-electron chi connectivity index (χ1n) is 7.37. The molecular formula is C14H20BF2NO2. The summed E-state index contributed by atoms with van der Waals surface area (Å²) < 4.78 is 39.9. The van der Waals surface area contributed by atoms with E-state index in [9.17, 15) is 8.78 Å². The molecule has 0 aromatic heterocycles. The van der Waals surface area contributed by atoms with Gasteiger partial charge in [-0.1, -0.05) is 19.4 Å². The van der Waals surface area contributed by atoms with Crippen LogP contribution in [0.1, 0.15) is 19.8 Å². The van der Waals surface area contributed by atoms with Crippen LogP contribution in [0, 0.1) is 11.6 Å². The van der Waals surface area contributed by atoms with Crippen molar-refractivity contribution < 1.29 is 22.5 Å². The summed E-state index contributed by atoms with van der Waals surface area (Å²) in [5, 5.41) is 0. The minimum absolute atomic E-state index is 0.387. The molecule has 2 aliphatic heterocycles. The Morgan fingerprint density at radius 3 is 2.50 bits per heavy atom. The van der Waals surface area contributed by atoms with E-state index in [1.165, 1.54) is 12.1 Å². The van der Waals surface area contributed by atoms with Gasteiger partial charge in [-0.3, -0.25) is 0 Å². The Morgan fingerprint density at radius 1 is 1.20 bits per heavy atom. The van der Waals surface area contributed by atoms with E-state index in [1.807, 2.05) is 0 Å². The van der Waals surface area contributed by atoms with Crippen LogP contribution < -0.4 is 5.46 Å². The fourth-order valence-corrected chi connectivity index (χ4v) is 3.74. The fourth-order valence-electron chi connectivity index (χ4n) is 3.74. The Morgan fingerprint density at radius 2 is 1.90 bits per heavy atom. The topological polar surface area (TPSA) is 18.5 Å². The Kier molecular flexibility index (Phi) is 3.56. The van der Waals surface area contributed by atoms with E-state index < -0.39 is 18.3 Å².